The molecule has 0 aliphatic rings. The molecule has 0 atom stereocenters. The summed E-state index contributed by atoms with van der Waals surface area (Å²) in [5.74, 6) is 4.86. The number of hydrogen-bond donors (Lipinski definition) is 1. The first-order chi connectivity index (χ1) is 10.2. The monoisotopic (exact) mass is 291 g/mol. The third-order valence-electron chi connectivity index (χ3n) is 2.49. The van der Waals surface area contributed by atoms with Crippen LogP contribution >= 0.6 is 0 Å². The fourth-order valence-electron chi connectivity index (χ4n) is 1.52. The van der Waals surface area contributed by atoms with E-state index in [-0.39, 0.29) is 29.1 Å². The summed E-state index contributed by atoms with van der Waals surface area (Å²) in [4.78, 5) is 23.8. The lowest BCUT2D eigenvalue weighted by Crippen LogP contribution is -2.11. The molecule has 0 amide bonds. The van der Waals surface area contributed by atoms with E-state index in [9.17, 15) is 4.79 Å². The lowest BCUT2D eigenvalue weighted by Gasteiger charge is -2.09. The first-order valence-electron chi connectivity index (χ1n) is 5.83. The highest BCUT2D eigenvalue weighted by Crippen LogP contribution is 2.26. The fraction of sp³-hybridized carbons (Fsp3) is 0.154. The number of carbonyl (C=O) groups is 1. The number of carbonyl (C=O) groups excluding carboxylic acids is 1. The number of para-hydroxylation sites is 1. The van der Waals surface area contributed by atoms with Crippen molar-refractivity contribution < 1.29 is 23.8 Å². The number of aromatic nitrogens is 2. The first-order valence-corrected chi connectivity index (χ1v) is 5.83. The molecule has 0 saturated heterocycles. The number of methoxy groups -OCH3 is 2. The lowest BCUT2D eigenvalue weighted by atomic mass is 10.2. The van der Waals surface area contributed by atoms with Crippen molar-refractivity contribution in [3.05, 3.63) is 35.9 Å². The molecule has 1 aromatic heterocycles. The Bertz CT molecular complexity index is 625. The van der Waals surface area contributed by atoms with Gasteiger partial charge < -0.3 is 19.0 Å². The maximum Gasteiger partial charge on any atom is 0.360 e. The topological polar surface area (TPSA) is 106 Å². The predicted molar refractivity (Wildman–Crippen MR) is 71.3 cm³/mol. The fourth-order valence-corrected chi connectivity index (χ4v) is 1.52. The molecule has 8 nitrogen and oxygen atoms in total. The Morgan fingerprint density at radius 3 is 2.29 bits per heavy atom. The van der Waals surface area contributed by atoms with Crippen LogP contribution in [0.3, 0.4) is 0 Å². The van der Waals surface area contributed by atoms with Gasteiger partial charge in [0, 0.05) is 0 Å². The summed E-state index contributed by atoms with van der Waals surface area (Å²) >= 11 is 0. The van der Waals surface area contributed by atoms with Gasteiger partial charge in [0.15, 0.2) is 0 Å². The first kappa shape index (κ1) is 14.5. The minimum Gasteiger partial charge on any atom is -0.481 e. The van der Waals surface area contributed by atoms with E-state index in [4.69, 9.17) is 20.1 Å². The quantitative estimate of drug-likeness (QED) is 0.822. The molecule has 0 spiro atoms. The summed E-state index contributed by atoms with van der Waals surface area (Å²) in [6, 6.07) is 7.84. The second-order valence-corrected chi connectivity index (χ2v) is 3.74. The average Bonchev–Trinajstić information content (AvgIpc) is 2.54. The van der Waals surface area contributed by atoms with Crippen LogP contribution in [-0.2, 0) is 4.84 Å². The molecule has 0 saturated carbocycles. The van der Waals surface area contributed by atoms with Crippen LogP contribution in [0, 0.1) is 0 Å². The summed E-state index contributed by atoms with van der Waals surface area (Å²) in [6.07, 6.45) is 0. The Labute approximate surface area is 120 Å². The standard InChI is InChI=1S/C13H13N3O5/c1-18-10-7-11(19-2)16-13(15-10)20-9-6-4-3-5-8(9)12(17)21-14/h3-7H,14H2,1-2H3. The minimum absolute atomic E-state index is 0.0385. The van der Waals surface area contributed by atoms with Gasteiger partial charge in [-0.05, 0) is 12.1 Å². The lowest BCUT2D eigenvalue weighted by molar-refractivity contribution is 0.0500. The zero-order chi connectivity index (χ0) is 15.2. The van der Waals surface area contributed by atoms with Crippen LogP contribution in [0.25, 0.3) is 0 Å². The van der Waals surface area contributed by atoms with Crippen molar-refractivity contribution in [2.24, 2.45) is 5.90 Å². The SMILES string of the molecule is COc1cc(OC)nc(Oc2ccccc2C(=O)ON)n1. The maximum absolute atomic E-state index is 11.6. The summed E-state index contributed by atoms with van der Waals surface area (Å²) < 4.78 is 15.5. The zero-order valence-corrected chi connectivity index (χ0v) is 11.4. The van der Waals surface area contributed by atoms with Crippen molar-refractivity contribution in [1.82, 2.24) is 9.97 Å². The molecule has 1 aromatic carbocycles. The van der Waals surface area contributed by atoms with Crippen molar-refractivity contribution in [2.45, 2.75) is 0 Å². The molecule has 110 valence electrons. The van der Waals surface area contributed by atoms with Gasteiger partial charge in [0.05, 0.1) is 20.3 Å². The summed E-state index contributed by atoms with van der Waals surface area (Å²) in [5.41, 5.74) is 0.144. The number of ether oxygens (including phenoxy) is 3. The Hall–Kier alpha value is -2.87. The molecule has 0 bridgehead atoms. The van der Waals surface area contributed by atoms with E-state index in [1.54, 1.807) is 18.2 Å². The van der Waals surface area contributed by atoms with Gasteiger partial charge >= 0.3 is 12.0 Å². The van der Waals surface area contributed by atoms with Gasteiger partial charge in [-0.1, -0.05) is 12.1 Å². The predicted octanol–water partition coefficient (Wildman–Crippen LogP) is 1.32. The molecule has 2 aromatic rings. The molecule has 0 fully saturated rings. The molecular formula is C13H13N3O5. The van der Waals surface area contributed by atoms with Gasteiger partial charge in [-0.2, -0.15) is 15.9 Å². The minimum atomic E-state index is -0.736. The molecule has 21 heavy (non-hydrogen) atoms. The normalized spacial score (nSPS) is 9.86. The highest BCUT2D eigenvalue weighted by atomic mass is 16.7. The highest BCUT2D eigenvalue weighted by molar-refractivity contribution is 5.92. The zero-order valence-electron chi connectivity index (χ0n) is 11.4. The second-order valence-electron chi connectivity index (χ2n) is 3.74. The largest absolute Gasteiger partial charge is 0.481 e. The van der Waals surface area contributed by atoms with Crippen LogP contribution in [-0.4, -0.2) is 30.2 Å². The van der Waals surface area contributed by atoms with E-state index in [1.165, 1.54) is 26.4 Å². The number of nitrogens with two attached hydrogens (primary N) is 1. The van der Waals surface area contributed by atoms with E-state index in [1.807, 2.05) is 0 Å². The summed E-state index contributed by atoms with van der Waals surface area (Å²) in [5, 5.41) is 0. The van der Waals surface area contributed by atoms with E-state index in [0.717, 1.165) is 0 Å². The van der Waals surface area contributed by atoms with Crippen molar-refractivity contribution in [3.63, 3.8) is 0 Å². The molecule has 0 aliphatic heterocycles. The van der Waals surface area contributed by atoms with Gasteiger partial charge in [-0.3, -0.25) is 0 Å². The number of rotatable bonds is 5. The van der Waals surface area contributed by atoms with Crippen LogP contribution in [0.2, 0.25) is 0 Å². The van der Waals surface area contributed by atoms with Gasteiger partial charge in [0.2, 0.25) is 11.8 Å². The van der Waals surface area contributed by atoms with Crippen molar-refractivity contribution >= 4 is 5.97 Å². The maximum atomic E-state index is 11.6. The summed E-state index contributed by atoms with van der Waals surface area (Å²) in [7, 11) is 2.90. The summed E-state index contributed by atoms with van der Waals surface area (Å²) in [6.45, 7) is 0. The molecule has 2 rings (SSSR count). The molecule has 2 N–H and O–H groups in total. The number of nitrogens with zero attached hydrogens (tertiary/aromatic N) is 2. The highest BCUT2D eigenvalue weighted by Gasteiger charge is 2.15. The van der Waals surface area contributed by atoms with Crippen LogP contribution in [0.1, 0.15) is 10.4 Å². The Balaban J connectivity index is 2.36. The molecule has 0 aliphatic carbocycles. The van der Waals surface area contributed by atoms with Crippen LogP contribution in [0.15, 0.2) is 30.3 Å². The molecule has 8 heteroatoms. The van der Waals surface area contributed by atoms with Gasteiger partial charge in [0.1, 0.15) is 11.3 Å². The van der Waals surface area contributed by atoms with E-state index in [2.05, 4.69) is 14.8 Å². The number of benzene rings is 1. The van der Waals surface area contributed by atoms with Gasteiger partial charge in [-0.25, -0.2) is 4.79 Å². The van der Waals surface area contributed by atoms with Crippen molar-refractivity contribution in [3.8, 4) is 23.5 Å². The average molecular weight is 291 g/mol. The Morgan fingerprint density at radius 1 is 1.10 bits per heavy atom. The third kappa shape index (κ3) is 3.37. The van der Waals surface area contributed by atoms with Gasteiger partial charge in [-0.15, -0.1) is 0 Å². The van der Waals surface area contributed by atoms with Crippen LogP contribution in [0.4, 0.5) is 0 Å². The molecule has 0 unspecified atom stereocenters. The molecular weight excluding hydrogens is 278 g/mol. The Morgan fingerprint density at radius 2 is 1.71 bits per heavy atom. The molecule has 0 radical (unpaired) electrons. The van der Waals surface area contributed by atoms with Crippen molar-refractivity contribution in [2.75, 3.05) is 14.2 Å². The van der Waals surface area contributed by atoms with E-state index >= 15 is 0 Å². The third-order valence-corrected chi connectivity index (χ3v) is 2.49. The van der Waals surface area contributed by atoms with E-state index < -0.39 is 5.97 Å². The van der Waals surface area contributed by atoms with Crippen LogP contribution in [0.5, 0.6) is 23.5 Å². The Kier molecular flexibility index (Phi) is 4.52. The van der Waals surface area contributed by atoms with E-state index in [0.29, 0.717) is 0 Å². The smallest absolute Gasteiger partial charge is 0.360 e. The van der Waals surface area contributed by atoms with Crippen molar-refractivity contribution in [1.29, 1.82) is 0 Å². The second kappa shape index (κ2) is 6.53. The van der Waals surface area contributed by atoms with Crippen LogP contribution < -0.4 is 20.1 Å². The number of hydrogen-bond acceptors (Lipinski definition) is 8. The molecule has 1 heterocycles. The van der Waals surface area contributed by atoms with Gasteiger partial charge in [0.25, 0.3) is 0 Å².